The molecule has 1 heterocycles. The fourth-order valence-corrected chi connectivity index (χ4v) is 1.54. The topological polar surface area (TPSA) is 64.4 Å². The molecule has 1 aliphatic rings. The molecule has 4 nitrogen and oxygen atoms in total. The van der Waals surface area contributed by atoms with Gasteiger partial charge in [-0.15, -0.1) is 0 Å². The van der Waals surface area contributed by atoms with E-state index in [1.165, 1.54) is 19.3 Å². The standard InChI is InChI=1S/C9H18N2O2/c10-9(12)7-13-6-8-4-2-1-3-5-11-8/h8,11H,1-7H2,(H2,10,12). The number of ether oxygens (including phenoxy) is 1. The molecular weight excluding hydrogens is 168 g/mol. The second-order valence-corrected chi connectivity index (χ2v) is 3.48. The van der Waals surface area contributed by atoms with Crippen LogP contribution in [0, 0.1) is 0 Å². The van der Waals surface area contributed by atoms with Gasteiger partial charge in [0.2, 0.25) is 5.91 Å². The maximum absolute atomic E-state index is 10.4. The smallest absolute Gasteiger partial charge is 0.243 e. The first-order valence-corrected chi connectivity index (χ1v) is 4.88. The Morgan fingerprint density at radius 2 is 2.31 bits per heavy atom. The fourth-order valence-electron chi connectivity index (χ4n) is 1.54. The van der Waals surface area contributed by atoms with Gasteiger partial charge in [0.1, 0.15) is 6.61 Å². The van der Waals surface area contributed by atoms with Crippen LogP contribution in [0.2, 0.25) is 0 Å². The van der Waals surface area contributed by atoms with Gasteiger partial charge in [0.05, 0.1) is 6.61 Å². The number of carbonyl (C=O) groups excluding carboxylic acids is 1. The summed E-state index contributed by atoms with van der Waals surface area (Å²) >= 11 is 0. The van der Waals surface area contributed by atoms with E-state index >= 15 is 0 Å². The largest absolute Gasteiger partial charge is 0.370 e. The zero-order valence-corrected chi connectivity index (χ0v) is 7.92. The molecule has 1 unspecified atom stereocenters. The summed E-state index contributed by atoms with van der Waals surface area (Å²) in [7, 11) is 0. The van der Waals surface area contributed by atoms with Crippen LogP contribution < -0.4 is 11.1 Å². The van der Waals surface area contributed by atoms with E-state index < -0.39 is 5.91 Å². The second-order valence-electron chi connectivity index (χ2n) is 3.48. The molecule has 1 aliphatic heterocycles. The van der Waals surface area contributed by atoms with Crippen LogP contribution >= 0.6 is 0 Å². The van der Waals surface area contributed by atoms with Crippen molar-refractivity contribution >= 4 is 5.91 Å². The lowest BCUT2D eigenvalue weighted by Crippen LogP contribution is -2.34. The molecule has 1 fully saturated rings. The molecule has 0 aromatic carbocycles. The minimum Gasteiger partial charge on any atom is -0.370 e. The summed E-state index contributed by atoms with van der Waals surface area (Å²) in [6.45, 7) is 1.70. The molecule has 76 valence electrons. The average Bonchev–Trinajstić information content (AvgIpc) is 2.32. The summed E-state index contributed by atoms with van der Waals surface area (Å²) in [6.07, 6.45) is 4.92. The van der Waals surface area contributed by atoms with Crippen molar-refractivity contribution in [2.75, 3.05) is 19.8 Å². The number of hydrogen-bond acceptors (Lipinski definition) is 3. The Bertz CT molecular complexity index is 154. The Morgan fingerprint density at radius 1 is 1.46 bits per heavy atom. The van der Waals surface area contributed by atoms with Gasteiger partial charge in [-0.3, -0.25) is 4.79 Å². The van der Waals surface area contributed by atoms with Crippen LogP contribution in [0.4, 0.5) is 0 Å². The molecule has 0 radical (unpaired) electrons. The maximum Gasteiger partial charge on any atom is 0.243 e. The molecule has 0 bridgehead atoms. The molecule has 1 rings (SSSR count). The molecule has 1 amide bonds. The zero-order chi connectivity index (χ0) is 9.52. The maximum atomic E-state index is 10.4. The van der Waals surface area contributed by atoms with Crippen molar-refractivity contribution < 1.29 is 9.53 Å². The predicted molar refractivity (Wildman–Crippen MR) is 50.3 cm³/mol. The van der Waals surface area contributed by atoms with E-state index in [1.54, 1.807) is 0 Å². The van der Waals surface area contributed by atoms with E-state index in [2.05, 4.69) is 5.32 Å². The van der Waals surface area contributed by atoms with Crippen LogP contribution in [0.5, 0.6) is 0 Å². The molecule has 1 atom stereocenters. The Morgan fingerprint density at radius 3 is 3.08 bits per heavy atom. The molecule has 0 aliphatic carbocycles. The Balaban J connectivity index is 2.08. The van der Waals surface area contributed by atoms with Crippen molar-refractivity contribution in [3.63, 3.8) is 0 Å². The molecule has 13 heavy (non-hydrogen) atoms. The number of carbonyl (C=O) groups is 1. The first-order valence-electron chi connectivity index (χ1n) is 4.88. The highest BCUT2D eigenvalue weighted by Crippen LogP contribution is 2.08. The van der Waals surface area contributed by atoms with E-state index in [0.717, 1.165) is 13.0 Å². The average molecular weight is 186 g/mol. The van der Waals surface area contributed by atoms with E-state index in [1.807, 2.05) is 0 Å². The molecule has 0 saturated carbocycles. The van der Waals surface area contributed by atoms with E-state index in [0.29, 0.717) is 12.6 Å². The third-order valence-corrected chi connectivity index (χ3v) is 2.23. The summed E-state index contributed by atoms with van der Waals surface area (Å²) < 4.78 is 5.15. The molecule has 3 N–H and O–H groups in total. The van der Waals surface area contributed by atoms with Gasteiger partial charge >= 0.3 is 0 Å². The summed E-state index contributed by atoms with van der Waals surface area (Å²) in [4.78, 5) is 10.4. The van der Waals surface area contributed by atoms with Gasteiger partial charge in [-0.1, -0.05) is 12.8 Å². The van der Waals surface area contributed by atoms with E-state index in [9.17, 15) is 4.79 Å². The molecule has 0 spiro atoms. The SMILES string of the molecule is NC(=O)COCC1CCCCCN1. The van der Waals surface area contributed by atoms with Crippen molar-refractivity contribution in [1.29, 1.82) is 0 Å². The lowest BCUT2D eigenvalue weighted by molar-refractivity contribution is -0.122. The number of nitrogens with two attached hydrogens (primary N) is 1. The molecular formula is C9H18N2O2. The van der Waals surface area contributed by atoms with Gasteiger partial charge in [0, 0.05) is 6.04 Å². The van der Waals surface area contributed by atoms with Gasteiger partial charge in [0.25, 0.3) is 0 Å². The van der Waals surface area contributed by atoms with Gasteiger partial charge in [-0.25, -0.2) is 0 Å². The minimum atomic E-state index is -0.395. The van der Waals surface area contributed by atoms with Crippen LogP contribution in [0.25, 0.3) is 0 Å². The number of rotatable bonds is 4. The van der Waals surface area contributed by atoms with Crippen LogP contribution in [0.3, 0.4) is 0 Å². The monoisotopic (exact) mass is 186 g/mol. The molecule has 1 saturated heterocycles. The van der Waals surface area contributed by atoms with Crippen molar-refractivity contribution in [3.8, 4) is 0 Å². The number of amides is 1. The Kier molecular flexibility index (Phi) is 4.78. The zero-order valence-electron chi connectivity index (χ0n) is 7.92. The number of hydrogen-bond donors (Lipinski definition) is 2. The second kappa shape index (κ2) is 5.94. The van der Waals surface area contributed by atoms with Crippen molar-refractivity contribution in [2.24, 2.45) is 5.73 Å². The number of nitrogens with one attached hydrogen (secondary N) is 1. The normalized spacial score (nSPS) is 23.8. The van der Waals surface area contributed by atoms with Gasteiger partial charge in [-0.05, 0) is 19.4 Å². The highest BCUT2D eigenvalue weighted by Gasteiger charge is 2.11. The van der Waals surface area contributed by atoms with Gasteiger partial charge in [0.15, 0.2) is 0 Å². The summed E-state index contributed by atoms with van der Waals surface area (Å²) in [5, 5.41) is 3.38. The van der Waals surface area contributed by atoms with Crippen LogP contribution in [-0.4, -0.2) is 31.7 Å². The third kappa shape index (κ3) is 4.85. The van der Waals surface area contributed by atoms with Gasteiger partial charge < -0.3 is 15.8 Å². The van der Waals surface area contributed by atoms with Crippen molar-refractivity contribution in [2.45, 2.75) is 31.7 Å². The third-order valence-electron chi connectivity index (χ3n) is 2.23. The highest BCUT2D eigenvalue weighted by molar-refractivity contribution is 5.74. The molecule has 4 heteroatoms. The summed E-state index contributed by atoms with van der Waals surface area (Å²) in [6, 6.07) is 0.404. The Labute approximate surface area is 78.8 Å². The fraction of sp³-hybridized carbons (Fsp3) is 0.889. The summed E-state index contributed by atoms with van der Waals surface area (Å²) in [5.74, 6) is -0.395. The predicted octanol–water partition coefficient (Wildman–Crippen LogP) is 0.0205. The van der Waals surface area contributed by atoms with Crippen LogP contribution in [0.15, 0.2) is 0 Å². The van der Waals surface area contributed by atoms with Crippen molar-refractivity contribution in [1.82, 2.24) is 5.32 Å². The summed E-state index contributed by atoms with van der Waals surface area (Å²) in [5.41, 5.74) is 4.95. The lowest BCUT2D eigenvalue weighted by Gasteiger charge is -2.14. The minimum absolute atomic E-state index is 0.0399. The van der Waals surface area contributed by atoms with E-state index in [-0.39, 0.29) is 6.61 Å². The molecule has 0 aromatic heterocycles. The highest BCUT2D eigenvalue weighted by atomic mass is 16.5. The Hall–Kier alpha value is -0.610. The van der Waals surface area contributed by atoms with Gasteiger partial charge in [-0.2, -0.15) is 0 Å². The van der Waals surface area contributed by atoms with Crippen LogP contribution in [-0.2, 0) is 9.53 Å². The van der Waals surface area contributed by atoms with Crippen molar-refractivity contribution in [3.05, 3.63) is 0 Å². The molecule has 0 aromatic rings. The first-order chi connectivity index (χ1) is 6.29. The quantitative estimate of drug-likeness (QED) is 0.650. The lowest BCUT2D eigenvalue weighted by atomic mass is 10.1. The number of primary amides is 1. The van der Waals surface area contributed by atoms with Crippen LogP contribution in [0.1, 0.15) is 25.7 Å². The van der Waals surface area contributed by atoms with E-state index in [4.69, 9.17) is 10.5 Å². The first kappa shape index (κ1) is 10.5.